The number of carbonyl (C=O) groups excluding carboxylic acids is 1. The van der Waals surface area contributed by atoms with E-state index in [-0.39, 0.29) is 11.8 Å². The van der Waals surface area contributed by atoms with Gasteiger partial charge in [0.15, 0.2) is 0 Å². The number of aryl methyl sites for hydroxylation is 1. The monoisotopic (exact) mass is 499 g/mol. The number of rotatable bonds is 10. The third-order valence-electron chi connectivity index (χ3n) is 6.32. The summed E-state index contributed by atoms with van der Waals surface area (Å²) < 4.78 is 14.1. The van der Waals surface area contributed by atoms with E-state index in [4.69, 9.17) is 9.47 Å². The lowest BCUT2D eigenvalue weighted by Gasteiger charge is -2.28. The van der Waals surface area contributed by atoms with Crippen molar-refractivity contribution in [1.29, 1.82) is 0 Å². The fourth-order valence-corrected chi connectivity index (χ4v) is 5.16. The van der Waals surface area contributed by atoms with Crippen LogP contribution in [-0.2, 0) is 22.7 Å². The van der Waals surface area contributed by atoms with Gasteiger partial charge in [-0.05, 0) is 30.9 Å². The minimum atomic E-state index is -0.0736. The molecule has 0 radical (unpaired) electrons. The summed E-state index contributed by atoms with van der Waals surface area (Å²) in [6.45, 7) is 1.93. The first-order valence-corrected chi connectivity index (χ1v) is 13.3. The first-order chi connectivity index (χ1) is 17.7. The van der Waals surface area contributed by atoms with Crippen LogP contribution in [0.4, 0.5) is 5.69 Å². The smallest absolute Gasteiger partial charge is 0.225 e. The lowest BCUT2D eigenvalue weighted by Crippen LogP contribution is -2.20. The normalized spacial score (nSPS) is 12.5. The Hall–Kier alpha value is -3.55. The molecule has 0 spiro atoms. The third-order valence-corrected chi connectivity index (χ3v) is 7.10. The van der Waals surface area contributed by atoms with Crippen molar-refractivity contribution in [2.75, 3.05) is 18.2 Å². The molecule has 0 saturated carbocycles. The Balaban J connectivity index is 1.28. The van der Waals surface area contributed by atoms with E-state index in [9.17, 15) is 4.79 Å². The number of thioether (sulfide) groups is 1. The molecule has 36 heavy (non-hydrogen) atoms. The van der Waals surface area contributed by atoms with Crippen LogP contribution < -0.4 is 10.1 Å². The Labute approximate surface area is 215 Å². The van der Waals surface area contributed by atoms with Gasteiger partial charge in [-0.2, -0.15) is 0 Å². The van der Waals surface area contributed by atoms with E-state index >= 15 is 0 Å². The second-order valence-electron chi connectivity index (χ2n) is 8.68. The maximum absolute atomic E-state index is 13.4. The van der Waals surface area contributed by atoms with Crippen LogP contribution in [0.2, 0.25) is 0 Å². The fraction of sp³-hybridized carbons (Fsp3) is 0.241. The molecule has 1 aliphatic heterocycles. The SMILES string of the molecule is CSc1cccc(COCCCn2ccnc2)c1NC(=O)CC1c2ccccc2Oc2ccccc21. The second-order valence-corrected chi connectivity index (χ2v) is 9.53. The van der Waals surface area contributed by atoms with Crippen molar-refractivity contribution in [3.8, 4) is 11.5 Å². The average Bonchev–Trinajstić information content (AvgIpc) is 3.42. The largest absolute Gasteiger partial charge is 0.457 e. The number of hydrogen-bond donors (Lipinski definition) is 1. The summed E-state index contributed by atoms with van der Waals surface area (Å²) in [5, 5.41) is 3.21. The maximum Gasteiger partial charge on any atom is 0.225 e. The Morgan fingerprint density at radius 1 is 1.06 bits per heavy atom. The molecule has 6 nitrogen and oxygen atoms in total. The lowest BCUT2D eigenvalue weighted by molar-refractivity contribution is -0.116. The molecule has 0 fully saturated rings. The molecule has 1 amide bonds. The molecular weight excluding hydrogens is 470 g/mol. The molecule has 184 valence electrons. The highest BCUT2D eigenvalue weighted by Gasteiger charge is 2.29. The molecule has 0 atom stereocenters. The molecule has 5 rings (SSSR count). The van der Waals surface area contributed by atoms with Crippen molar-refractivity contribution in [1.82, 2.24) is 9.55 Å². The number of ether oxygens (including phenoxy) is 2. The van der Waals surface area contributed by atoms with Gasteiger partial charge in [0.25, 0.3) is 0 Å². The van der Waals surface area contributed by atoms with Gasteiger partial charge in [0.05, 0.1) is 18.6 Å². The van der Waals surface area contributed by atoms with Crippen LogP contribution in [0, 0.1) is 0 Å². The van der Waals surface area contributed by atoms with E-state index in [2.05, 4.69) is 10.3 Å². The van der Waals surface area contributed by atoms with Crippen LogP contribution in [0.5, 0.6) is 11.5 Å². The van der Waals surface area contributed by atoms with E-state index in [1.54, 1.807) is 18.0 Å². The zero-order chi connectivity index (χ0) is 24.7. The molecule has 3 aromatic carbocycles. The van der Waals surface area contributed by atoms with Crippen molar-refractivity contribution < 1.29 is 14.3 Å². The number of imidazole rings is 1. The summed E-state index contributed by atoms with van der Waals surface area (Å²) in [4.78, 5) is 18.5. The van der Waals surface area contributed by atoms with Gasteiger partial charge in [0.2, 0.25) is 5.91 Å². The standard InChI is InChI=1S/C29H29N3O3S/c1-36-27-13-6-8-21(19-34-17-7-15-32-16-14-30-20-32)29(27)31-28(33)18-24-22-9-2-4-11-25(22)35-26-12-5-3-10-23(24)26/h2-6,8-14,16,20,24H,7,15,17-19H2,1H3,(H,31,33). The Morgan fingerprint density at radius 2 is 1.81 bits per heavy atom. The molecule has 7 heteroatoms. The van der Waals surface area contributed by atoms with Crippen molar-refractivity contribution in [2.45, 2.75) is 36.8 Å². The van der Waals surface area contributed by atoms with Crippen molar-refractivity contribution in [3.05, 3.63) is 102 Å². The second kappa shape index (κ2) is 11.5. The van der Waals surface area contributed by atoms with Gasteiger partial charge in [0, 0.05) is 59.5 Å². The number of aromatic nitrogens is 2. The summed E-state index contributed by atoms with van der Waals surface area (Å²) in [5.41, 5.74) is 3.88. The van der Waals surface area contributed by atoms with Gasteiger partial charge in [0.1, 0.15) is 11.5 Å². The topological polar surface area (TPSA) is 65.4 Å². The predicted molar refractivity (Wildman–Crippen MR) is 143 cm³/mol. The number of para-hydroxylation sites is 3. The summed E-state index contributed by atoms with van der Waals surface area (Å²) in [6.07, 6.45) is 8.77. The van der Waals surface area contributed by atoms with Gasteiger partial charge in [-0.1, -0.05) is 48.5 Å². The van der Waals surface area contributed by atoms with Crippen LogP contribution in [0.25, 0.3) is 0 Å². The molecule has 0 bridgehead atoms. The molecular formula is C29H29N3O3S. The van der Waals surface area contributed by atoms with Crippen molar-refractivity contribution >= 4 is 23.4 Å². The molecule has 0 aliphatic carbocycles. The van der Waals surface area contributed by atoms with E-state index in [0.717, 1.165) is 51.7 Å². The maximum atomic E-state index is 13.4. The van der Waals surface area contributed by atoms with Crippen LogP contribution in [-0.4, -0.2) is 28.3 Å². The van der Waals surface area contributed by atoms with Gasteiger partial charge < -0.3 is 19.4 Å². The number of benzene rings is 3. The van der Waals surface area contributed by atoms with Crippen molar-refractivity contribution in [2.24, 2.45) is 0 Å². The molecule has 1 aromatic heterocycles. The van der Waals surface area contributed by atoms with Gasteiger partial charge >= 0.3 is 0 Å². The molecule has 1 N–H and O–H groups in total. The zero-order valence-corrected chi connectivity index (χ0v) is 21.0. The Bertz CT molecular complexity index is 1280. The van der Waals surface area contributed by atoms with Crippen LogP contribution in [0.15, 0.2) is 90.3 Å². The van der Waals surface area contributed by atoms with E-state index in [1.165, 1.54) is 0 Å². The highest BCUT2D eigenvalue weighted by atomic mass is 32.2. The number of nitrogens with zero attached hydrogens (tertiary/aromatic N) is 2. The Morgan fingerprint density at radius 3 is 2.50 bits per heavy atom. The summed E-state index contributed by atoms with van der Waals surface area (Å²) in [6, 6.07) is 22.0. The number of hydrogen-bond acceptors (Lipinski definition) is 5. The molecule has 4 aromatic rings. The van der Waals surface area contributed by atoms with E-state index in [0.29, 0.717) is 19.6 Å². The quantitative estimate of drug-likeness (QED) is 0.200. The molecule has 0 unspecified atom stereocenters. The number of fused-ring (bicyclic) bond motifs is 2. The predicted octanol–water partition coefficient (Wildman–Crippen LogP) is 6.48. The van der Waals surface area contributed by atoms with Gasteiger partial charge in [-0.15, -0.1) is 11.8 Å². The van der Waals surface area contributed by atoms with Crippen LogP contribution >= 0.6 is 11.8 Å². The summed E-state index contributed by atoms with van der Waals surface area (Å²) in [7, 11) is 0. The highest BCUT2D eigenvalue weighted by Crippen LogP contribution is 2.45. The molecule has 1 aliphatic rings. The summed E-state index contributed by atoms with van der Waals surface area (Å²) in [5.74, 6) is 1.51. The number of anilines is 1. The first-order valence-electron chi connectivity index (χ1n) is 12.1. The van der Waals surface area contributed by atoms with E-state index in [1.807, 2.05) is 90.1 Å². The lowest BCUT2D eigenvalue weighted by atomic mass is 9.85. The van der Waals surface area contributed by atoms with Crippen LogP contribution in [0.3, 0.4) is 0 Å². The number of amides is 1. The third kappa shape index (κ3) is 5.48. The van der Waals surface area contributed by atoms with Crippen molar-refractivity contribution in [3.63, 3.8) is 0 Å². The average molecular weight is 500 g/mol. The first kappa shape index (κ1) is 24.2. The molecule has 0 saturated heterocycles. The zero-order valence-electron chi connectivity index (χ0n) is 20.2. The summed E-state index contributed by atoms with van der Waals surface area (Å²) >= 11 is 1.62. The van der Waals surface area contributed by atoms with Crippen LogP contribution in [0.1, 0.15) is 35.4 Å². The van der Waals surface area contributed by atoms with Gasteiger partial charge in [-0.3, -0.25) is 4.79 Å². The van der Waals surface area contributed by atoms with Gasteiger partial charge in [-0.25, -0.2) is 4.98 Å². The number of nitrogens with one attached hydrogen (secondary N) is 1. The highest BCUT2D eigenvalue weighted by molar-refractivity contribution is 7.98. The molecule has 2 heterocycles. The Kier molecular flexibility index (Phi) is 7.69. The minimum absolute atomic E-state index is 0.0330. The number of carbonyl (C=O) groups is 1. The van der Waals surface area contributed by atoms with E-state index < -0.39 is 0 Å². The fourth-order valence-electron chi connectivity index (χ4n) is 4.56. The minimum Gasteiger partial charge on any atom is -0.457 e.